The number of aromatic nitrogens is 1. The smallest absolute Gasteiger partial charge is 0.274 e. The molecule has 0 aromatic carbocycles. The van der Waals surface area contributed by atoms with Crippen LogP contribution < -0.4 is 11.3 Å². The van der Waals surface area contributed by atoms with E-state index in [1.807, 2.05) is 4.57 Å². The van der Waals surface area contributed by atoms with Gasteiger partial charge >= 0.3 is 0 Å². The predicted octanol–water partition coefficient (Wildman–Crippen LogP) is 2.03. The van der Waals surface area contributed by atoms with Crippen LogP contribution in [0.25, 0.3) is 0 Å². The van der Waals surface area contributed by atoms with Gasteiger partial charge in [-0.25, -0.2) is 0 Å². The van der Waals surface area contributed by atoms with E-state index in [4.69, 9.17) is 5.73 Å². The average Bonchev–Trinajstić information content (AvgIpc) is 2.92. The molecule has 0 saturated heterocycles. The molecule has 80 valence electrons. The van der Waals surface area contributed by atoms with Crippen LogP contribution in [0.5, 0.6) is 0 Å². The van der Waals surface area contributed by atoms with Crippen molar-refractivity contribution >= 4 is 5.69 Å². The number of rotatable bonds is 2. The van der Waals surface area contributed by atoms with Crippen LogP contribution in [0.2, 0.25) is 0 Å². The topological polar surface area (TPSA) is 48.0 Å². The van der Waals surface area contributed by atoms with Crippen LogP contribution in [0.15, 0.2) is 16.9 Å². The van der Waals surface area contributed by atoms with Crippen molar-refractivity contribution in [3.8, 4) is 0 Å². The Morgan fingerprint density at radius 2 is 1.93 bits per heavy atom. The van der Waals surface area contributed by atoms with E-state index in [0.29, 0.717) is 17.6 Å². The Morgan fingerprint density at radius 1 is 1.20 bits per heavy atom. The number of hydrogen-bond acceptors (Lipinski definition) is 2. The van der Waals surface area contributed by atoms with E-state index in [1.54, 1.807) is 6.07 Å². The van der Waals surface area contributed by atoms with Crippen LogP contribution in [0.1, 0.15) is 49.8 Å². The largest absolute Gasteiger partial charge is 0.394 e. The second kappa shape index (κ2) is 3.12. The minimum Gasteiger partial charge on any atom is -0.394 e. The van der Waals surface area contributed by atoms with Gasteiger partial charge in [-0.3, -0.25) is 4.79 Å². The Morgan fingerprint density at radius 3 is 2.47 bits per heavy atom. The van der Waals surface area contributed by atoms with Crippen LogP contribution in [0.3, 0.4) is 0 Å². The third kappa shape index (κ3) is 1.37. The maximum absolute atomic E-state index is 12.0. The van der Waals surface area contributed by atoms with E-state index in [1.165, 1.54) is 25.0 Å². The lowest BCUT2D eigenvalue weighted by atomic mass is 9.82. The van der Waals surface area contributed by atoms with Crippen LogP contribution in [-0.4, -0.2) is 4.57 Å². The summed E-state index contributed by atoms with van der Waals surface area (Å²) in [4.78, 5) is 12.0. The summed E-state index contributed by atoms with van der Waals surface area (Å²) in [7, 11) is 0. The van der Waals surface area contributed by atoms with E-state index in [-0.39, 0.29) is 5.56 Å². The maximum atomic E-state index is 12.0. The fraction of sp³-hybridized carbons (Fsp3) is 0.583. The number of nitrogen functional groups attached to an aromatic ring is 1. The maximum Gasteiger partial charge on any atom is 0.274 e. The molecule has 2 saturated carbocycles. The Bertz CT molecular complexity index is 441. The molecule has 2 aliphatic rings. The molecule has 3 nitrogen and oxygen atoms in total. The van der Waals surface area contributed by atoms with Crippen molar-refractivity contribution in [2.45, 2.75) is 44.1 Å². The zero-order valence-electron chi connectivity index (χ0n) is 8.78. The second-order valence-electron chi connectivity index (χ2n) is 4.75. The summed E-state index contributed by atoms with van der Waals surface area (Å²) in [5.74, 6) is 0.610. The first-order valence-corrected chi connectivity index (χ1v) is 5.78. The molecule has 3 heteroatoms. The quantitative estimate of drug-likeness (QED) is 0.801. The zero-order valence-corrected chi connectivity index (χ0v) is 8.78. The molecular weight excluding hydrogens is 188 g/mol. The molecule has 0 amide bonds. The first-order chi connectivity index (χ1) is 7.27. The normalized spacial score (nSPS) is 21.3. The van der Waals surface area contributed by atoms with Gasteiger partial charge in [-0.2, -0.15) is 0 Å². The summed E-state index contributed by atoms with van der Waals surface area (Å²) in [6, 6.07) is 4.27. The number of nitrogens with two attached hydrogens (primary N) is 1. The van der Waals surface area contributed by atoms with Gasteiger partial charge < -0.3 is 10.3 Å². The molecule has 0 radical (unpaired) electrons. The summed E-state index contributed by atoms with van der Waals surface area (Å²) in [6.45, 7) is 0. The standard InChI is InChI=1S/C12H16N2O/c13-10-6-7-11(8-2-1-3-8)14(12(10)15)9-4-5-9/h6-9H,1-5,13H2. The molecule has 0 bridgehead atoms. The molecule has 0 spiro atoms. The van der Waals surface area contributed by atoms with E-state index < -0.39 is 0 Å². The van der Waals surface area contributed by atoms with Crippen LogP contribution >= 0.6 is 0 Å². The predicted molar refractivity (Wildman–Crippen MR) is 60.0 cm³/mol. The fourth-order valence-electron chi connectivity index (χ4n) is 2.33. The summed E-state index contributed by atoms with van der Waals surface area (Å²) in [5, 5.41) is 0. The Balaban J connectivity index is 2.11. The summed E-state index contributed by atoms with van der Waals surface area (Å²) in [5.41, 5.74) is 7.33. The van der Waals surface area contributed by atoms with Crippen molar-refractivity contribution in [1.29, 1.82) is 0 Å². The summed E-state index contributed by atoms with van der Waals surface area (Å²) in [6.07, 6.45) is 6.05. The lowest BCUT2D eigenvalue weighted by molar-refractivity contribution is 0.392. The lowest BCUT2D eigenvalue weighted by Crippen LogP contribution is -2.28. The van der Waals surface area contributed by atoms with Crippen molar-refractivity contribution in [3.05, 3.63) is 28.2 Å². The van der Waals surface area contributed by atoms with Crippen molar-refractivity contribution in [1.82, 2.24) is 4.57 Å². The lowest BCUT2D eigenvalue weighted by Gasteiger charge is -2.28. The molecule has 3 rings (SSSR count). The van der Waals surface area contributed by atoms with Gasteiger partial charge in [-0.15, -0.1) is 0 Å². The molecule has 15 heavy (non-hydrogen) atoms. The molecule has 0 aliphatic heterocycles. The number of pyridine rings is 1. The minimum absolute atomic E-state index is 0.0295. The Labute approximate surface area is 88.9 Å². The van der Waals surface area contributed by atoms with E-state index in [9.17, 15) is 4.79 Å². The molecule has 1 heterocycles. The molecule has 0 atom stereocenters. The molecule has 2 fully saturated rings. The van der Waals surface area contributed by atoms with Crippen LogP contribution in [-0.2, 0) is 0 Å². The molecule has 1 aromatic rings. The van der Waals surface area contributed by atoms with Gasteiger partial charge in [0.25, 0.3) is 5.56 Å². The van der Waals surface area contributed by atoms with Gasteiger partial charge in [0.05, 0.1) is 5.69 Å². The number of hydrogen-bond donors (Lipinski definition) is 1. The van der Waals surface area contributed by atoms with E-state index >= 15 is 0 Å². The number of anilines is 1. The molecule has 1 aromatic heterocycles. The number of nitrogens with zero attached hydrogens (tertiary/aromatic N) is 1. The molecule has 0 unspecified atom stereocenters. The average molecular weight is 204 g/mol. The zero-order chi connectivity index (χ0) is 10.4. The highest BCUT2D eigenvalue weighted by Gasteiger charge is 2.31. The van der Waals surface area contributed by atoms with Crippen LogP contribution in [0, 0.1) is 0 Å². The van der Waals surface area contributed by atoms with Gasteiger partial charge in [0.1, 0.15) is 0 Å². The highest BCUT2D eigenvalue weighted by atomic mass is 16.1. The van der Waals surface area contributed by atoms with E-state index in [2.05, 4.69) is 6.07 Å². The Hall–Kier alpha value is -1.25. The molecular formula is C12H16N2O. The van der Waals surface area contributed by atoms with Crippen molar-refractivity contribution < 1.29 is 0 Å². The minimum atomic E-state index is 0.0295. The SMILES string of the molecule is Nc1ccc(C2CCC2)n(C2CC2)c1=O. The molecule has 2 aliphatic carbocycles. The van der Waals surface area contributed by atoms with Gasteiger partial charge in [-0.05, 0) is 43.7 Å². The molecule has 2 N–H and O–H groups in total. The highest BCUT2D eigenvalue weighted by Crippen LogP contribution is 2.41. The van der Waals surface area contributed by atoms with E-state index in [0.717, 1.165) is 12.8 Å². The highest BCUT2D eigenvalue weighted by molar-refractivity contribution is 5.37. The summed E-state index contributed by atoms with van der Waals surface area (Å²) >= 11 is 0. The third-order valence-electron chi connectivity index (χ3n) is 3.61. The van der Waals surface area contributed by atoms with Crippen molar-refractivity contribution in [2.24, 2.45) is 0 Å². The van der Waals surface area contributed by atoms with Gasteiger partial charge in [0.15, 0.2) is 0 Å². The van der Waals surface area contributed by atoms with Gasteiger partial charge in [0.2, 0.25) is 0 Å². The second-order valence-corrected chi connectivity index (χ2v) is 4.75. The van der Waals surface area contributed by atoms with Crippen molar-refractivity contribution in [2.75, 3.05) is 5.73 Å². The summed E-state index contributed by atoms with van der Waals surface area (Å²) < 4.78 is 1.96. The fourth-order valence-corrected chi connectivity index (χ4v) is 2.33. The van der Waals surface area contributed by atoms with Gasteiger partial charge in [-0.1, -0.05) is 6.42 Å². The van der Waals surface area contributed by atoms with Gasteiger partial charge in [0, 0.05) is 11.7 Å². The van der Waals surface area contributed by atoms with Crippen molar-refractivity contribution in [3.63, 3.8) is 0 Å². The van der Waals surface area contributed by atoms with Crippen LogP contribution in [0.4, 0.5) is 5.69 Å². The third-order valence-corrected chi connectivity index (χ3v) is 3.61. The first kappa shape index (κ1) is 9.01. The Kier molecular flexibility index (Phi) is 1.87. The monoisotopic (exact) mass is 204 g/mol. The first-order valence-electron chi connectivity index (χ1n) is 5.78.